The maximum Gasteiger partial charge on any atom is 0.253 e. The number of hydrogen-bond donors (Lipinski definition) is 2. The third kappa shape index (κ3) is 5.94. The Labute approximate surface area is 231 Å². The molecule has 1 aliphatic rings. The number of hydrogen-bond acceptors (Lipinski definition) is 7. The molecule has 0 saturated carbocycles. The maximum absolute atomic E-state index is 12.9. The highest BCUT2D eigenvalue weighted by atomic mass is 32.2. The Morgan fingerprint density at radius 1 is 1.00 bits per heavy atom. The van der Waals surface area contributed by atoms with E-state index in [9.17, 15) is 18.0 Å². The Balaban J connectivity index is 1.24. The largest absolute Gasteiger partial charge is 0.343 e. The predicted octanol–water partition coefficient (Wildman–Crippen LogP) is 4.35. The van der Waals surface area contributed by atoms with Crippen molar-refractivity contribution in [2.24, 2.45) is 0 Å². The van der Waals surface area contributed by atoms with Gasteiger partial charge in [-0.3, -0.25) is 14.6 Å². The fourth-order valence-corrected chi connectivity index (χ4v) is 6.56. The van der Waals surface area contributed by atoms with E-state index in [4.69, 9.17) is 0 Å². The second-order valence-corrected chi connectivity index (χ2v) is 12.4. The van der Waals surface area contributed by atoms with Crippen molar-refractivity contribution in [2.75, 3.05) is 18.1 Å². The van der Waals surface area contributed by atoms with Crippen LogP contribution >= 0.6 is 11.3 Å². The number of rotatable bonds is 7. The molecule has 1 aliphatic carbocycles. The Bertz CT molecular complexity index is 1670. The normalized spacial score (nSPS) is 13.1. The Morgan fingerprint density at radius 2 is 1.72 bits per heavy atom. The van der Waals surface area contributed by atoms with Gasteiger partial charge in [0.1, 0.15) is 0 Å². The highest BCUT2D eigenvalue weighted by Crippen LogP contribution is 2.30. The van der Waals surface area contributed by atoms with Crippen LogP contribution in [0.15, 0.2) is 48.0 Å². The van der Waals surface area contributed by atoms with Crippen molar-refractivity contribution in [1.82, 2.24) is 19.3 Å². The summed E-state index contributed by atoms with van der Waals surface area (Å²) in [6.07, 6.45) is 5.49. The summed E-state index contributed by atoms with van der Waals surface area (Å²) in [6.45, 7) is 3.68. The molecule has 11 heteroatoms. The summed E-state index contributed by atoms with van der Waals surface area (Å²) in [4.78, 5) is 34.5. The van der Waals surface area contributed by atoms with Crippen LogP contribution in [0.25, 0.3) is 22.4 Å². The van der Waals surface area contributed by atoms with E-state index in [0.29, 0.717) is 29.2 Å². The van der Waals surface area contributed by atoms with Crippen molar-refractivity contribution in [2.45, 2.75) is 39.5 Å². The van der Waals surface area contributed by atoms with Gasteiger partial charge in [-0.15, -0.1) is 11.3 Å². The summed E-state index contributed by atoms with van der Waals surface area (Å²) in [5.41, 5.74) is 7.40. The number of aryl methyl sites for hydroxylation is 2. The topological polar surface area (TPSA) is 123 Å². The Morgan fingerprint density at radius 3 is 2.46 bits per heavy atom. The first kappa shape index (κ1) is 26.8. The summed E-state index contributed by atoms with van der Waals surface area (Å²) in [7, 11) is -3.52. The summed E-state index contributed by atoms with van der Waals surface area (Å²) in [5.74, 6) is -0.888. The van der Waals surface area contributed by atoms with Crippen molar-refractivity contribution in [3.8, 4) is 22.4 Å². The van der Waals surface area contributed by atoms with E-state index in [1.165, 1.54) is 21.5 Å². The lowest BCUT2D eigenvalue weighted by molar-refractivity contribution is -0.115. The average Bonchev–Trinajstić information content (AvgIpc) is 3.52. The molecule has 9 nitrogen and oxygen atoms in total. The third-order valence-electron chi connectivity index (χ3n) is 6.61. The highest BCUT2D eigenvalue weighted by molar-refractivity contribution is 7.89. The standard InChI is InChI=1S/C28H29N5O4S2/c1-17-11-21(12-18(2)30-17)19-7-6-8-20(13-19)24-16-38-28(31-24)32-26(34)14-29-27(35)23-15-33(39(3,36)37)25-10-5-4-9-22(23)25/h6-8,11-13,15-16H,4-5,9-10,14H2,1-3H3,(H,29,35)(H,31,32,34). The molecular weight excluding hydrogens is 534 g/mol. The summed E-state index contributed by atoms with van der Waals surface area (Å²) in [5, 5.41) is 7.65. The zero-order valence-electron chi connectivity index (χ0n) is 21.9. The first-order chi connectivity index (χ1) is 18.6. The molecule has 5 rings (SSSR count). The predicted molar refractivity (Wildman–Crippen MR) is 153 cm³/mol. The molecular formula is C28H29N5O4S2. The minimum atomic E-state index is -3.52. The van der Waals surface area contributed by atoms with Crippen LogP contribution in [0.4, 0.5) is 5.13 Å². The second kappa shape index (κ2) is 10.7. The van der Waals surface area contributed by atoms with Crippen LogP contribution in [0.5, 0.6) is 0 Å². The summed E-state index contributed by atoms with van der Waals surface area (Å²) >= 11 is 1.30. The third-order valence-corrected chi connectivity index (χ3v) is 8.41. The van der Waals surface area contributed by atoms with Gasteiger partial charge in [0.15, 0.2) is 5.13 Å². The zero-order valence-corrected chi connectivity index (χ0v) is 23.6. The van der Waals surface area contributed by atoms with E-state index in [0.717, 1.165) is 58.4 Å². The number of amides is 2. The van der Waals surface area contributed by atoms with Gasteiger partial charge in [0, 0.05) is 34.2 Å². The molecule has 39 heavy (non-hydrogen) atoms. The van der Waals surface area contributed by atoms with Gasteiger partial charge in [0.25, 0.3) is 5.91 Å². The van der Waals surface area contributed by atoms with Gasteiger partial charge in [-0.1, -0.05) is 18.2 Å². The molecule has 0 atom stereocenters. The van der Waals surface area contributed by atoms with E-state index in [1.807, 2.05) is 49.6 Å². The number of nitrogens with zero attached hydrogens (tertiary/aromatic N) is 3. The van der Waals surface area contributed by atoms with Gasteiger partial charge in [0.2, 0.25) is 15.9 Å². The van der Waals surface area contributed by atoms with Crippen LogP contribution in [0.2, 0.25) is 0 Å². The Kier molecular flexibility index (Phi) is 7.37. The smallest absolute Gasteiger partial charge is 0.253 e. The van der Waals surface area contributed by atoms with Gasteiger partial charge in [-0.25, -0.2) is 17.4 Å². The number of nitrogens with one attached hydrogen (secondary N) is 2. The lowest BCUT2D eigenvalue weighted by atomic mass is 9.95. The van der Waals surface area contributed by atoms with Gasteiger partial charge in [-0.2, -0.15) is 0 Å². The Hall–Kier alpha value is -3.83. The SMILES string of the molecule is Cc1cc(-c2cccc(-c3csc(NC(=O)CNC(=O)c4cn(S(C)(=O)=O)c5c4CCCC5)n3)c2)cc(C)n1. The van der Waals surface area contributed by atoms with Crippen LogP contribution in [0.3, 0.4) is 0 Å². The molecule has 2 amide bonds. The van der Waals surface area contributed by atoms with Crippen LogP contribution in [-0.4, -0.2) is 47.0 Å². The molecule has 0 unspecified atom stereocenters. The van der Waals surface area contributed by atoms with E-state index in [-0.39, 0.29) is 6.54 Å². The van der Waals surface area contributed by atoms with Crippen molar-refractivity contribution >= 4 is 38.3 Å². The van der Waals surface area contributed by atoms with Gasteiger partial charge in [0.05, 0.1) is 24.1 Å². The molecule has 2 N–H and O–H groups in total. The fourth-order valence-electron chi connectivity index (χ4n) is 4.93. The van der Waals surface area contributed by atoms with Gasteiger partial charge >= 0.3 is 0 Å². The molecule has 0 radical (unpaired) electrons. The number of anilines is 1. The molecule has 1 aromatic carbocycles. The molecule has 0 bridgehead atoms. The quantitative estimate of drug-likeness (QED) is 0.345. The van der Waals surface area contributed by atoms with Crippen LogP contribution in [0.1, 0.15) is 45.8 Å². The van der Waals surface area contributed by atoms with Crippen molar-refractivity contribution in [3.63, 3.8) is 0 Å². The molecule has 4 aromatic rings. The molecule has 0 saturated heterocycles. The number of aromatic nitrogens is 3. The number of fused-ring (bicyclic) bond motifs is 1. The van der Waals surface area contributed by atoms with E-state index in [1.54, 1.807) is 0 Å². The van der Waals surface area contributed by atoms with E-state index >= 15 is 0 Å². The summed E-state index contributed by atoms with van der Waals surface area (Å²) < 4.78 is 25.6. The number of carbonyl (C=O) groups excluding carboxylic acids is 2. The first-order valence-electron chi connectivity index (χ1n) is 12.6. The number of pyridine rings is 1. The highest BCUT2D eigenvalue weighted by Gasteiger charge is 2.26. The van der Waals surface area contributed by atoms with Crippen LogP contribution < -0.4 is 10.6 Å². The molecule has 3 aromatic heterocycles. The van der Waals surface area contributed by atoms with Gasteiger partial charge in [-0.05, 0) is 74.4 Å². The van der Waals surface area contributed by atoms with Gasteiger partial charge < -0.3 is 10.6 Å². The monoisotopic (exact) mass is 563 g/mol. The summed E-state index contributed by atoms with van der Waals surface area (Å²) in [6, 6.07) is 12.1. The van der Waals surface area contributed by atoms with Crippen molar-refractivity contribution < 1.29 is 18.0 Å². The number of thiazole rings is 1. The minimum Gasteiger partial charge on any atom is -0.343 e. The van der Waals surface area contributed by atoms with E-state index < -0.39 is 21.8 Å². The van der Waals surface area contributed by atoms with Crippen molar-refractivity contribution in [1.29, 1.82) is 0 Å². The van der Waals surface area contributed by atoms with Crippen molar-refractivity contribution in [3.05, 3.63) is 76.2 Å². The van der Waals surface area contributed by atoms with Crippen LogP contribution in [0, 0.1) is 13.8 Å². The molecule has 0 aliphatic heterocycles. The first-order valence-corrected chi connectivity index (χ1v) is 15.3. The minimum absolute atomic E-state index is 0.261. The molecule has 0 fully saturated rings. The van der Waals surface area contributed by atoms with Crippen LogP contribution in [-0.2, 0) is 27.7 Å². The van der Waals surface area contributed by atoms with E-state index in [2.05, 4.69) is 26.7 Å². The molecule has 3 heterocycles. The number of benzene rings is 1. The molecule has 202 valence electrons. The zero-order chi connectivity index (χ0) is 27.7. The number of carbonyl (C=O) groups is 2. The molecule has 0 spiro atoms. The average molecular weight is 564 g/mol. The maximum atomic E-state index is 12.9. The fraction of sp³-hybridized carbons (Fsp3) is 0.286. The lowest BCUT2D eigenvalue weighted by Gasteiger charge is -2.15. The lowest BCUT2D eigenvalue weighted by Crippen LogP contribution is -2.33. The second-order valence-electron chi connectivity index (χ2n) is 9.72.